The van der Waals surface area contributed by atoms with Crippen LogP contribution in [-0.4, -0.2) is 53.9 Å². The fraction of sp³-hybridized carbons (Fsp3) is 0.588. The molecular weight excluding hydrogens is 392 g/mol. The Balaban J connectivity index is 1.88. The molecule has 0 spiro atoms. The molecule has 152 valence electrons. The third kappa shape index (κ3) is 6.00. The third-order valence-corrected chi connectivity index (χ3v) is 7.80. The molecule has 0 bridgehead atoms. The Morgan fingerprint density at radius 3 is 2.19 bits per heavy atom. The molecule has 0 aromatic heterocycles. The van der Waals surface area contributed by atoms with Crippen LogP contribution in [0.1, 0.15) is 38.5 Å². The molecule has 0 atom stereocenters. The average molecular weight is 419 g/mol. The first kappa shape index (κ1) is 21.8. The number of hydrogen-bond acceptors (Lipinski definition) is 6. The summed E-state index contributed by atoms with van der Waals surface area (Å²) in [7, 11) is -5.93. The minimum atomic E-state index is -3.70. The maximum absolute atomic E-state index is 12.5. The second-order valence-corrected chi connectivity index (χ2v) is 10.1. The molecule has 27 heavy (non-hydrogen) atoms. The molecule has 0 amide bonds. The number of carbonyl (C=O) groups is 1. The van der Waals surface area contributed by atoms with E-state index in [0.717, 1.165) is 12.8 Å². The summed E-state index contributed by atoms with van der Waals surface area (Å²) in [4.78, 5) is 11.1. The zero-order valence-corrected chi connectivity index (χ0v) is 17.0. The first-order valence-corrected chi connectivity index (χ1v) is 11.9. The normalized spacial score (nSPS) is 15.7. The molecule has 8 nitrogen and oxygen atoms in total. The lowest BCUT2D eigenvalue weighted by atomic mass is 10.2. The van der Waals surface area contributed by atoms with Gasteiger partial charge in [0.05, 0.1) is 16.9 Å². The number of ether oxygens (including phenoxy) is 1. The lowest BCUT2D eigenvalue weighted by Gasteiger charge is -2.15. The first-order chi connectivity index (χ1) is 12.8. The quantitative estimate of drug-likeness (QED) is 0.455. The van der Waals surface area contributed by atoms with Gasteiger partial charge >= 0.3 is 5.97 Å². The van der Waals surface area contributed by atoms with Crippen molar-refractivity contribution in [3.63, 3.8) is 0 Å². The zero-order chi connectivity index (χ0) is 19.9. The monoisotopic (exact) mass is 418 g/mol. The van der Waals surface area contributed by atoms with Crippen LogP contribution >= 0.6 is 0 Å². The van der Waals surface area contributed by atoms with Gasteiger partial charge in [-0.1, -0.05) is 6.42 Å². The molecule has 10 heteroatoms. The molecule has 1 aromatic rings. The summed E-state index contributed by atoms with van der Waals surface area (Å²) in [5.41, 5.74) is 0. The Morgan fingerprint density at radius 2 is 1.59 bits per heavy atom. The van der Waals surface area contributed by atoms with E-state index in [4.69, 9.17) is 0 Å². The van der Waals surface area contributed by atoms with Crippen LogP contribution < -0.4 is 4.72 Å². The SMILES string of the molecule is COC(=O)CCCCCNS(=O)(=O)c1ccc(S(=O)(=O)N2CCCC2)cc1. The van der Waals surface area contributed by atoms with Gasteiger partial charge in [0.2, 0.25) is 20.0 Å². The third-order valence-electron chi connectivity index (χ3n) is 4.41. The summed E-state index contributed by atoms with van der Waals surface area (Å²) in [5, 5.41) is 0. The molecule has 1 aliphatic heterocycles. The molecule has 1 aliphatic rings. The number of carbonyl (C=O) groups excluding carboxylic acids is 1. The average Bonchev–Trinajstić information content (AvgIpc) is 3.20. The maximum atomic E-state index is 12.5. The number of nitrogens with one attached hydrogen (secondary N) is 1. The van der Waals surface area contributed by atoms with Crippen molar-refractivity contribution < 1.29 is 26.4 Å². The summed E-state index contributed by atoms with van der Waals surface area (Å²) in [6.45, 7) is 1.25. The van der Waals surface area contributed by atoms with Crippen molar-refractivity contribution >= 4 is 26.0 Å². The summed E-state index contributed by atoms with van der Waals surface area (Å²) in [5.74, 6) is -0.278. The van der Waals surface area contributed by atoms with Crippen LogP contribution in [0.25, 0.3) is 0 Å². The first-order valence-electron chi connectivity index (χ1n) is 8.94. The number of sulfonamides is 2. The van der Waals surface area contributed by atoms with Crippen LogP contribution in [0.3, 0.4) is 0 Å². The van der Waals surface area contributed by atoms with Crippen LogP contribution in [0.2, 0.25) is 0 Å². The van der Waals surface area contributed by atoms with Crippen LogP contribution in [-0.2, 0) is 29.6 Å². The minimum absolute atomic E-state index is 0.0254. The molecule has 1 saturated heterocycles. The van der Waals surface area contributed by atoms with Gasteiger partial charge < -0.3 is 4.74 Å². The van der Waals surface area contributed by atoms with Crippen molar-refractivity contribution in [3.05, 3.63) is 24.3 Å². The minimum Gasteiger partial charge on any atom is -0.469 e. The van der Waals surface area contributed by atoms with Crippen molar-refractivity contribution in [2.45, 2.75) is 48.3 Å². The van der Waals surface area contributed by atoms with Gasteiger partial charge in [-0.3, -0.25) is 4.79 Å². The number of rotatable bonds is 10. The van der Waals surface area contributed by atoms with E-state index in [1.165, 1.54) is 35.7 Å². The number of hydrogen-bond donors (Lipinski definition) is 1. The molecule has 0 saturated carbocycles. The Morgan fingerprint density at radius 1 is 1.00 bits per heavy atom. The number of esters is 1. The van der Waals surface area contributed by atoms with E-state index >= 15 is 0 Å². The van der Waals surface area contributed by atoms with Gasteiger partial charge in [0.15, 0.2) is 0 Å². The highest BCUT2D eigenvalue weighted by Gasteiger charge is 2.27. The molecule has 1 heterocycles. The van der Waals surface area contributed by atoms with Gasteiger partial charge in [-0.25, -0.2) is 21.6 Å². The highest BCUT2D eigenvalue weighted by Crippen LogP contribution is 2.22. The highest BCUT2D eigenvalue weighted by atomic mass is 32.2. The lowest BCUT2D eigenvalue weighted by molar-refractivity contribution is -0.140. The Labute approximate surface area is 161 Å². The Kier molecular flexibility index (Phi) is 7.78. The van der Waals surface area contributed by atoms with Gasteiger partial charge in [-0.15, -0.1) is 0 Å². The van der Waals surface area contributed by atoms with Crippen LogP contribution in [0.5, 0.6) is 0 Å². The van der Waals surface area contributed by atoms with E-state index in [1.807, 2.05) is 0 Å². The zero-order valence-electron chi connectivity index (χ0n) is 15.4. The standard InChI is InChI=1S/C17H26N2O6S2/c1-25-17(20)7-3-2-4-12-18-26(21,22)15-8-10-16(11-9-15)27(23,24)19-13-5-6-14-19/h8-11,18H,2-7,12-14H2,1H3. The van der Waals surface area contributed by atoms with Crippen molar-refractivity contribution in [3.8, 4) is 0 Å². The molecule has 0 unspecified atom stereocenters. The molecule has 2 rings (SSSR count). The van der Waals surface area contributed by atoms with E-state index in [-0.39, 0.29) is 22.3 Å². The van der Waals surface area contributed by atoms with Crippen LogP contribution in [0.15, 0.2) is 34.1 Å². The Hall–Kier alpha value is -1.49. The second kappa shape index (κ2) is 9.63. The van der Waals surface area contributed by atoms with Crippen molar-refractivity contribution in [1.82, 2.24) is 9.03 Å². The van der Waals surface area contributed by atoms with E-state index in [0.29, 0.717) is 38.8 Å². The maximum Gasteiger partial charge on any atom is 0.305 e. The number of benzene rings is 1. The van der Waals surface area contributed by atoms with Gasteiger partial charge in [-0.2, -0.15) is 4.31 Å². The van der Waals surface area contributed by atoms with Crippen molar-refractivity contribution in [1.29, 1.82) is 0 Å². The highest BCUT2D eigenvalue weighted by molar-refractivity contribution is 7.89. The molecule has 0 aliphatic carbocycles. The van der Waals surface area contributed by atoms with Crippen molar-refractivity contribution in [2.24, 2.45) is 0 Å². The fourth-order valence-corrected chi connectivity index (χ4v) is 5.42. The van der Waals surface area contributed by atoms with Gasteiger partial charge in [-0.05, 0) is 49.9 Å². The number of methoxy groups -OCH3 is 1. The summed E-state index contributed by atoms with van der Waals surface area (Å²) in [6, 6.07) is 5.28. The van der Waals surface area contributed by atoms with E-state index in [1.54, 1.807) is 0 Å². The Bertz CT molecular complexity index is 829. The second-order valence-electron chi connectivity index (χ2n) is 6.37. The summed E-state index contributed by atoms with van der Waals surface area (Å²) >= 11 is 0. The molecule has 1 aromatic carbocycles. The van der Waals surface area contributed by atoms with Gasteiger partial charge in [0.1, 0.15) is 0 Å². The lowest BCUT2D eigenvalue weighted by Crippen LogP contribution is -2.28. The molecule has 1 fully saturated rings. The van der Waals surface area contributed by atoms with Gasteiger partial charge in [0, 0.05) is 26.1 Å². The number of unbranched alkanes of at least 4 members (excludes halogenated alkanes) is 2. The van der Waals surface area contributed by atoms with E-state index < -0.39 is 20.0 Å². The molecular formula is C17H26N2O6S2. The topological polar surface area (TPSA) is 110 Å². The van der Waals surface area contributed by atoms with Crippen LogP contribution in [0, 0.1) is 0 Å². The predicted molar refractivity (Wildman–Crippen MR) is 100 cm³/mol. The van der Waals surface area contributed by atoms with Crippen molar-refractivity contribution in [2.75, 3.05) is 26.7 Å². The fourth-order valence-electron chi connectivity index (χ4n) is 2.83. The predicted octanol–water partition coefficient (Wildman–Crippen LogP) is 1.48. The number of nitrogens with zero attached hydrogens (tertiary/aromatic N) is 1. The summed E-state index contributed by atoms with van der Waals surface area (Å²) in [6.07, 6.45) is 3.93. The van der Waals surface area contributed by atoms with Crippen LogP contribution in [0.4, 0.5) is 0 Å². The van der Waals surface area contributed by atoms with Gasteiger partial charge in [0.25, 0.3) is 0 Å². The van der Waals surface area contributed by atoms with E-state index in [9.17, 15) is 21.6 Å². The summed E-state index contributed by atoms with van der Waals surface area (Å²) < 4.78 is 58.0. The smallest absolute Gasteiger partial charge is 0.305 e. The largest absolute Gasteiger partial charge is 0.469 e. The van der Waals surface area contributed by atoms with E-state index in [2.05, 4.69) is 9.46 Å². The molecule has 1 N–H and O–H groups in total. The molecule has 0 radical (unpaired) electrons.